The van der Waals surface area contributed by atoms with Gasteiger partial charge in [-0.15, -0.1) is 0 Å². The second-order valence-corrected chi connectivity index (χ2v) is 7.30. The molecule has 2 N–H and O–H groups in total. The fourth-order valence-corrected chi connectivity index (χ4v) is 3.06. The molecule has 3 heteroatoms. The topological polar surface area (TPSA) is 41.5 Å². The highest BCUT2D eigenvalue weighted by Crippen LogP contribution is 2.18. The molecular formula is C23H40NO2. The number of hydrogen-bond donors (Lipinski definition) is 2. The van der Waals surface area contributed by atoms with E-state index in [1.165, 1.54) is 70.6 Å². The van der Waals surface area contributed by atoms with Crippen molar-refractivity contribution >= 4 is 5.69 Å². The Hall–Kier alpha value is -1.22. The number of hydrogen-bond acceptors (Lipinski definition) is 3. The van der Waals surface area contributed by atoms with Gasteiger partial charge in [0.25, 0.3) is 0 Å². The first-order valence-corrected chi connectivity index (χ1v) is 10.7. The number of benzene rings is 1. The third kappa shape index (κ3) is 13.0. The summed E-state index contributed by atoms with van der Waals surface area (Å²) in [6.07, 6.45) is 15.7. The fourth-order valence-electron chi connectivity index (χ4n) is 3.06. The van der Waals surface area contributed by atoms with E-state index in [1.54, 1.807) is 0 Å². The minimum atomic E-state index is -0.597. The van der Waals surface area contributed by atoms with E-state index < -0.39 is 6.10 Å². The molecular weight excluding hydrogens is 322 g/mol. The summed E-state index contributed by atoms with van der Waals surface area (Å²) >= 11 is 0. The molecule has 149 valence electrons. The molecule has 0 saturated carbocycles. The Morgan fingerprint density at radius 1 is 0.923 bits per heavy atom. The molecule has 0 fully saturated rings. The highest BCUT2D eigenvalue weighted by molar-refractivity contribution is 5.48. The fraction of sp³-hybridized carbons (Fsp3) is 0.696. The monoisotopic (exact) mass is 362 g/mol. The number of aliphatic hydroxyl groups excluding tert-OH is 1. The second kappa shape index (κ2) is 16.0. The van der Waals surface area contributed by atoms with Gasteiger partial charge in [-0.3, -0.25) is 0 Å². The van der Waals surface area contributed by atoms with Crippen LogP contribution < -0.4 is 10.1 Å². The molecule has 3 nitrogen and oxygen atoms in total. The summed E-state index contributed by atoms with van der Waals surface area (Å²) in [6, 6.07) is 7.89. The molecule has 1 rings (SSSR count). The molecule has 0 aliphatic carbocycles. The van der Waals surface area contributed by atoms with Crippen LogP contribution in [-0.4, -0.2) is 24.4 Å². The van der Waals surface area contributed by atoms with Crippen LogP contribution in [0.25, 0.3) is 0 Å². The van der Waals surface area contributed by atoms with Crippen LogP contribution in [0.2, 0.25) is 0 Å². The van der Waals surface area contributed by atoms with Crippen molar-refractivity contribution in [2.75, 3.05) is 18.5 Å². The maximum absolute atomic E-state index is 9.21. The van der Waals surface area contributed by atoms with Crippen LogP contribution in [0.3, 0.4) is 0 Å². The standard InChI is InChI=1S/C23H40NO2/c1-3-4-5-6-7-8-9-10-11-12-13-14-18-26-23-17-15-16-22(19-23)24-20-21(2)25/h15-17,19,21,24-25H,2-14,18,20H2,1H3. The van der Waals surface area contributed by atoms with Gasteiger partial charge in [0.2, 0.25) is 0 Å². The highest BCUT2D eigenvalue weighted by Gasteiger charge is 1.99. The van der Waals surface area contributed by atoms with Crippen molar-refractivity contribution in [1.82, 2.24) is 0 Å². The molecule has 0 aromatic heterocycles. The Bertz CT molecular complexity index is 434. The molecule has 1 aromatic carbocycles. The van der Waals surface area contributed by atoms with Crippen LogP contribution >= 0.6 is 0 Å². The van der Waals surface area contributed by atoms with E-state index in [2.05, 4.69) is 19.2 Å². The molecule has 0 aliphatic rings. The van der Waals surface area contributed by atoms with Crippen LogP contribution in [-0.2, 0) is 0 Å². The SMILES string of the molecule is [CH2]C(O)CNc1cccc(OCCCCCCCCCCCCCC)c1. The maximum atomic E-state index is 9.21. The molecule has 26 heavy (non-hydrogen) atoms. The number of unbranched alkanes of at least 4 members (excludes halogenated alkanes) is 11. The Morgan fingerprint density at radius 3 is 2.08 bits per heavy atom. The van der Waals surface area contributed by atoms with Crippen LogP contribution in [0.5, 0.6) is 5.75 Å². The van der Waals surface area contributed by atoms with Crippen molar-refractivity contribution in [3.8, 4) is 5.75 Å². The zero-order valence-electron chi connectivity index (χ0n) is 16.8. The van der Waals surface area contributed by atoms with E-state index in [9.17, 15) is 5.11 Å². The molecule has 0 saturated heterocycles. The first-order valence-electron chi connectivity index (χ1n) is 10.7. The van der Waals surface area contributed by atoms with Gasteiger partial charge in [0.05, 0.1) is 12.7 Å². The van der Waals surface area contributed by atoms with Gasteiger partial charge in [-0.2, -0.15) is 0 Å². The van der Waals surface area contributed by atoms with E-state index in [0.29, 0.717) is 6.54 Å². The molecule has 0 spiro atoms. The van der Waals surface area contributed by atoms with Crippen molar-refractivity contribution in [3.05, 3.63) is 31.2 Å². The lowest BCUT2D eigenvalue weighted by Gasteiger charge is -2.11. The minimum Gasteiger partial charge on any atom is -0.494 e. The summed E-state index contributed by atoms with van der Waals surface area (Å²) in [5, 5.41) is 12.4. The van der Waals surface area contributed by atoms with Gasteiger partial charge in [-0.1, -0.05) is 83.6 Å². The number of aliphatic hydroxyl groups is 1. The number of ether oxygens (including phenoxy) is 1. The smallest absolute Gasteiger partial charge is 0.121 e. The first kappa shape index (κ1) is 22.8. The van der Waals surface area contributed by atoms with Crippen molar-refractivity contribution in [3.63, 3.8) is 0 Å². The van der Waals surface area contributed by atoms with Gasteiger partial charge in [0.15, 0.2) is 0 Å². The van der Waals surface area contributed by atoms with Gasteiger partial charge in [-0.25, -0.2) is 0 Å². The molecule has 1 unspecified atom stereocenters. The zero-order chi connectivity index (χ0) is 18.9. The Morgan fingerprint density at radius 2 is 1.50 bits per heavy atom. The van der Waals surface area contributed by atoms with Gasteiger partial charge in [0, 0.05) is 18.3 Å². The maximum Gasteiger partial charge on any atom is 0.121 e. The van der Waals surface area contributed by atoms with Gasteiger partial charge in [-0.05, 0) is 25.5 Å². The Labute approximate surface area is 161 Å². The highest BCUT2D eigenvalue weighted by atomic mass is 16.5. The quantitative estimate of drug-likeness (QED) is 0.316. The van der Waals surface area contributed by atoms with Crippen molar-refractivity contribution in [2.24, 2.45) is 0 Å². The lowest BCUT2D eigenvalue weighted by Crippen LogP contribution is -2.15. The first-order chi connectivity index (χ1) is 12.7. The summed E-state index contributed by atoms with van der Waals surface area (Å²) in [4.78, 5) is 0. The third-order valence-corrected chi connectivity index (χ3v) is 4.64. The summed E-state index contributed by atoms with van der Waals surface area (Å²) in [6.45, 7) is 7.05. The van der Waals surface area contributed by atoms with Crippen LogP contribution in [0, 0.1) is 6.92 Å². The molecule has 0 aliphatic heterocycles. The number of nitrogens with one attached hydrogen (secondary N) is 1. The molecule has 0 bridgehead atoms. The third-order valence-electron chi connectivity index (χ3n) is 4.64. The lowest BCUT2D eigenvalue weighted by molar-refractivity contribution is 0.234. The van der Waals surface area contributed by atoms with Crippen molar-refractivity contribution < 1.29 is 9.84 Å². The predicted molar refractivity (Wildman–Crippen MR) is 113 cm³/mol. The van der Waals surface area contributed by atoms with E-state index in [0.717, 1.165) is 24.5 Å². The number of anilines is 1. The molecule has 0 heterocycles. The number of rotatable bonds is 17. The lowest BCUT2D eigenvalue weighted by atomic mass is 10.1. The Balaban J connectivity index is 1.93. The molecule has 1 radical (unpaired) electrons. The predicted octanol–water partition coefficient (Wildman–Crippen LogP) is 6.37. The van der Waals surface area contributed by atoms with Crippen LogP contribution in [0.1, 0.15) is 84.0 Å². The second-order valence-electron chi connectivity index (χ2n) is 7.30. The van der Waals surface area contributed by atoms with E-state index in [-0.39, 0.29) is 0 Å². The van der Waals surface area contributed by atoms with Gasteiger partial charge in [0.1, 0.15) is 5.75 Å². The summed E-state index contributed by atoms with van der Waals surface area (Å²) in [5.41, 5.74) is 0.958. The van der Waals surface area contributed by atoms with E-state index in [1.807, 2.05) is 24.3 Å². The summed E-state index contributed by atoms with van der Waals surface area (Å²) in [5.74, 6) is 0.886. The molecule has 1 aromatic rings. The Kier molecular flexibility index (Phi) is 14.0. The van der Waals surface area contributed by atoms with Crippen molar-refractivity contribution in [1.29, 1.82) is 0 Å². The van der Waals surface area contributed by atoms with E-state index in [4.69, 9.17) is 4.74 Å². The molecule has 1 atom stereocenters. The summed E-state index contributed by atoms with van der Waals surface area (Å²) < 4.78 is 5.83. The molecule has 0 amide bonds. The van der Waals surface area contributed by atoms with Gasteiger partial charge < -0.3 is 15.2 Å². The van der Waals surface area contributed by atoms with Crippen LogP contribution in [0.4, 0.5) is 5.69 Å². The summed E-state index contributed by atoms with van der Waals surface area (Å²) in [7, 11) is 0. The minimum absolute atomic E-state index is 0.447. The largest absolute Gasteiger partial charge is 0.494 e. The average Bonchev–Trinajstić information content (AvgIpc) is 2.64. The van der Waals surface area contributed by atoms with E-state index >= 15 is 0 Å². The van der Waals surface area contributed by atoms with Gasteiger partial charge >= 0.3 is 0 Å². The normalized spacial score (nSPS) is 12.1. The van der Waals surface area contributed by atoms with Crippen LogP contribution in [0.15, 0.2) is 24.3 Å². The zero-order valence-corrected chi connectivity index (χ0v) is 16.8. The average molecular weight is 363 g/mol. The van der Waals surface area contributed by atoms with Crippen molar-refractivity contribution in [2.45, 2.75) is 90.1 Å².